The molecule has 0 aliphatic carbocycles. The van der Waals surface area contributed by atoms with Crippen molar-refractivity contribution in [1.29, 1.82) is 0 Å². The van der Waals surface area contributed by atoms with Gasteiger partial charge in [-0.15, -0.1) is 0 Å². The summed E-state index contributed by atoms with van der Waals surface area (Å²) in [5, 5.41) is 2.87. The number of rotatable bonds is 6. The number of amides is 1. The van der Waals surface area contributed by atoms with Gasteiger partial charge in [0.05, 0.1) is 11.9 Å². The summed E-state index contributed by atoms with van der Waals surface area (Å²) in [4.78, 5) is 12.2. The summed E-state index contributed by atoms with van der Waals surface area (Å²) >= 11 is 0. The first-order valence-electron chi connectivity index (χ1n) is 7.32. The number of nitrogens with one attached hydrogen (secondary N) is 1. The molecule has 124 valence electrons. The van der Waals surface area contributed by atoms with Crippen LogP contribution in [0.4, 0.5) is 5.69 Å². The molecule has 1 aromatic carbocycles. The largest absolute Gasteiger partial charge is 0.350 e. The van der Waals surface area contributed by atoms with E-state index in [0.717, 1.165) is 28.1 Å². The molecule has 0 aliphatic rings. The van der Waals surface area contributed by atoms with Crippen LogP contribution in [0, 0.1) is 13.8 Å². The summed E-state index contributed by atoms with van der Waals surface area (Å²) < 4.78 is 25.4. The zero-order chi connectivity index (χ0) is 17.1. The number of carbonyl (C=O) groups excluding carboxylic acids is 1. The van der Waals surface area contributed by atoms with Crippen LogP contribution >= 0.6 is 0 Å². The molecule has 0 bridgehead atoms. The minimum absolute atomic E-state index is 0.216. The zero-order valence-corrected chi connectivity index (χ0v) is 15.0. The number of benzene rings is 1. The van der Waals surface area contributed by atoms with Crippen molar-refractivity contribution in [3.05, 3.63) is 29.3 Å². The molecule has 0 saturated carbocycles. The Morgan fingerprint density at radius 1 is 1.27 bits per heavy atom. The fraction of sp³-hybridized carbons (Fsp3) is 0.562. The lowest BCUT2D eigenvalue weighted by atomic mass is 10.0. The summed E-state index contributed by atoms with van der Waals surface area (Å²) in [5.74, 6) is -0.307. The lowest BCUT2D eigenvalue weighted by Crippen LogP contribution is -2.48. The van der Waals surface area contributed by atoms with E-state index in [4.69, 9.17) is 0 Å². The third kappa shape index (κ3) is 5.02. The summed E-state index contributed by atoms with van der Waals surface area (Å²) in [6.07, 6.45) is 1.88. The Hall–Kier alpha value is -1.56. The first-order valence-corrected chi connectivity index (χ1v) is 9.17. The van der Waals surface area contributed by atoms with Gasteiger partial charge in [-0.25, -0.2) is 8.42 Å². The van der Waals surface area contributed by atoms with Crippen LogP contribution in [0.5, 0.6) is 0 Å². The fourth-order valence-corrected chi connectivity index (χ4v) is 2.91. The maximum atomic E-state index is 12.2. The predicted molar refractivity (Wildman–Crippen MR) is 90.6 cm³/mol. The second-order valence-electron chi connectivity index (χ2n) is 6.35. The van der Waals surface area contributed by atoms with E-state index >= 15 is 0 Å². The van der Waals surface area contributed by atoms with Gasteiger partial charge in [0.15, 0.2) is 0 Å². The summed E-state index contributed by atoms with van der Waals surface area (Å²) in [6.45, 7) is 9.30. The van der Waals surface area contributed by atoms with Crippen LogP contribution in [-0.2, 0) is 14.8 Å². The van der Waals surface area contributed by atoms with Crippen molar-refractivity contribution in [2.75, 3.05) is 17.1 Å². The molecular formula is C16H26N2O3S. The monoisotopic (exact) mass is 326 g/mol. The van der Waals surface area contributed by atoms with Gasteiger partial charge in [0.2, 0.25) is 15.9 Å². The highest BCUT2D eigenvalue weighted by atomic mass is 32.2. The standard InChI is InChI=1S/C16H26N2O3S/c1-7-16(4,5)17-15(19)11-18(22(6,20)21)14-10-12(2)8-9-13(14)3/h8-10H,7,11H2,1-6H3,(H,17,19). The van der Waals surface area contributed by atoms with Gasteiger partial charge in [-0.3, -0.25) is 9.10 Å². The van der Waals surface area contributed by atoms with Crippen LogP contribution in [0.1, 0.15) is 38.3 Å². The molecule has 0 aromatic heterocycles. The number of aryl methyl sites for hydroxylation is 2. The van der Waals surface area contributed by atoms with Crippen molar-refractivity contribution in [3.8, 4) is 0 Å². The number of nitrogens with zero attached hydrogens (tertiary/aromatic N) is 1. The molecule has 0 aliphatic heterocycles. The molecule has 0 spiro atoms. The lowest BCUT2D eigenvalue weighted by Gasteiger charge is -2.28. The van der Waals surface area contributed by atoms with E-state index in [9.17, 15) is 13.2 Å². The van der Waals surface area contributed by atoms with Crippen molar-refractivity contribution in [2.24, 2.45) is 0 Å². The molecular weight excluding hydrogens is 300 g/mol. The first-order chi connectivity index (χ1) is 9.96. The van der Waals surface area contributed by atoms with E-state index in [0.29, 0.717) is 5.69 Å². The van der Waals surface area contributed by atoms with Gasteiger partial charge in [-0.1, -0.05) is 19.1 Å². The molecule has 5 nitrogen and oxygen atoms in total. The van der Waals surface area contributed by atoms with Gasteiger partial charge in [-0.05, 0) is 51.3 Å². The molecule has 1 aromatic rings. The van der Waals surface area contributed by atoms with Crippen LogP contribution in [-0.4, -0.2) is 32.7 Å². The number of hydrogen-bond donors (Lipinski definition) is 1. The molecule has 0 heterocycles. The number of hydrogen-bond acceptors (Lipinski definition) is 3. The Labute approximate surface area is 133 Å². The number of anilines is 1. The third-order valence-electron chi connectivity index (χ3n) is 3.68. The molecule has 1 N–H and O–H groups in total. The van der Waals surface area contributed by atoms with Crippen LogP contribution in [0.25, 0.3) is 0 Å². The molecule has 6 heteroatoms. The molecule has 0 radical (unpaired) electrons. The van der Waals surface area contributed by atoms with E-state index in [1.54, 1.807) is 6.07 Å². The van der Waals surface area contributed by atoms with E-state index in [1.807, 2.05) is 46.8 Å². The molecule has 0 fully saturated rings. The zero-order valence-electron chi connectivity index (χ0n) is 14.2. The summed E-state index contributed by atoms with van der Waals surface area (Å²) in [7, 11) is -3.54. The van der Waals surface area contributed by atoms with Crippen molar-refractivity contribution < 1.29 is 13.2 Å². The smallest absolute Gasteiger partial charge is 0.241 e. The van der Waals surface area contributed by atoms with E-state index < -0.39 is 10.0 Å². The average Bonchev–Trinajstić information content (AvgIpc) is 2.37. The molecule has 1 rings (SSSR count). The third-order valence-corrected chi connectivity index (χ3v) is 4.81. The van der Waals surface area contributed by atoms with Gasteiger partial charge in [0.1, 0.15) is 6.54 Å². The Kier molecular flexibility index (Phi) is 5.62. The Morgan fingerprint density at radius 3 is 2.36 bits per heavy atom. The van der Waals surface area contributed by atoms with Crippen LogP contribution < -0.4 is 9.62 Å². The van der Waals surface area contributed by atoms with Gasteiger partial charge in [0.25, 0.3) is 0 Å². The second kappa shape index (κ2) is 6.69. The summed E-state index contributed by atoms with van der Waals surface area (Å²) in [5.41, 5.74) is 1.95. The van der Waals surface area contributed by atoms with Gasteiger partial charge >= 0.3 is 0 Å². The van der Waals surface area contributed by atoms with Crippen molar-refractivity contribution in [3.63, 3.8) is 0 Å². The minimum Gasteiger partial charge on any atom is -0.350 e. The highest BCUT2D eigenvalue weighted by molar-refractivity contribution is 7.92. The Balaban J connectivity index is 3.11. The van der Waals surface area contributed by atoms with E-state index in [1.165, 1.54) is 0 Å². The molecule has 0 unspecified atom stereocenters. The molecule has 1 amide bonds. The fourth-order valence-electron chi connectivity index (χ4n) is 2.00. The summed E-state index contributed by atoms with van der Waals surface area (Å²) in [6, 6.07) is 5.56. The van der Waals surface area contributed by atoms with Crippen molar-refractivity contribution in [2.45, 2.75) is 46.6 Å². The normalized spacial score (nSPS) is 12.1. The van der Waals surface area contributed by atoms with Gasteiger partial charge in [-0.2, -0.15) is 0 Å². The second-order valence-corrected chi connectivity index (χ2v) is 8.25. The lowest BCUT2D eigenvalue weighted by molar-refractivity contribution is -0.121. The quantitative estimate of drug-likeness (QED) is 0.873. The predicted octanol–water partition coefficient (Wildman–Crippen LogP) is 2.37. The first kappa shape index (κ1) is 18.5. The highest BCUT2D eigenvalue weighted by Gasteiger charge is 2.25. The molecule has 22 heavy (non-hydrogen) atoms. The minimum atomic E-state index is -3.54. The maximum Gasteiger partial charge on any atom is 0.241 e. The molecule has 0 saturated heterocycles. The Morgan fingerprint density at radius 2 is 1.86 bits per heavy atom. The van der Waals surface area contributed by atoms with Crippen molar-refractivity contribution >= 4 is 21.6 Å². The van der Waals surface area contributed by atoms with Crippen LogP contribution in [0.15, 0.2) is 18.2 Å². The Bertz CT molecular complexity index is 651. The number of sulfonamides is 1. The van der Waals surface area contributed by atoms with Gasteiger partial charge in [0, 0.05) is 5.54 Å². The topological polar surface area (TPSA) is 66.5 Å². The SMILES string of the molecule is CCC(C)(C)NC(=O)CN(c1cc(C)ccc1C)S(C)(=O)=O. The molecule has 0 atom stereocenters. The average molecular weight is 326 g/mol. The maximum absolute atomic E-state index is 12.2. The van der Waals surface area contributed by atoms with Crippen LogP contribution in [0.2, 0.25) is 0 Å². The van der Waals surface area contributed by atoms with E-state index in [2.05, 4.69) is 5.32 Å². The van der Waals surface area contributed by atoms with Gasteiger partial charge < -0.3 is 5.32 Å². The van der Waals surface area contributed by atoms with Crippen LogP contribution in [0.3, 0.4) is 0 Å². The van der Waals surface area contributed by atoms with E-state index in [-0.39, 0.29) is 18.0 Å². The van der Waals surface area contributed by atoms with Crippen molar-refractivity contribution in [1.82, 2.24) is 5.32 Å². The number of carbonyl (C=O) groups is 1. The highest BCUT2D eigenvalue weighted by Crippen LogP contribution is 2.23.